The van der Waals surface area contributed by atoms with Gasteiger partial charge in [-0.1, -0.05) is 0 Å². The maximum atomic E-state index is 12.8. The molecule has 1 fully saturated rings. The van der Waals surface area contributed by atoms with Crippen molar-refractivity contribution in [2.24, 2.45) is 0 Å². The highest BCUT2D eigenvalue weighted by atomic mass is 19.4. The van der Waals surface area contributed by atoms with E-state index >= 15 is 0 Å². The first-order valence-corrected chi connectivity index (χ1v) is 6.29. The Morgan fingerprint density at radius 3 is 2.62 bits per heavy atom. The minimum Gasteiger partial charge on any atom is -0.348 e. The highest BCUT2D eigenvalue weighted by Gasteiger charge is 2.35. The number of ether oxygens (including phenoxy) is 2. The lowest BCUT2D eigenvalue weighted by atomic mass is 10.2. The molecular weight excluding hydrogens is 289 g/mol. The quantitative estimate of drug-likeness (QED) is 0.800. The van der Waals surface area contributed by atoms with Crippen LogP contribution < -0.4 is 0 Å². The van der Waals surface area contributed by atoms with Crippen LogP contribution in [0, 0.1) is 0 Å². The van der Waals surface area contributed by atoms with E-state index < -0.39 is 18.2 Å². The molecule has 112 valence electrons. The van der Waals surface area contributed by atoms with E-state index in [4.69, 9.17) is 9.47 Å². The molecule has 8 heteroatoms. The summed E-state index contributed by atoms with van der Waals surface area (Å²) in [6.07, 6.45) is -4.16. The van der Waals surface area contributed by atoms with Crippen LogP contribution >= 0.6 is 0 Å². The number of aldehydes is 1. The minimum absolute atomic E-state index is 0.0278. The van der Waals surface area contributed by atoms with Crippen LogP contribution in [0.3, 0.4) is 0 Å². The maximum Gasteiger partial charge on any atom is 0.435 e. The van der Waals surface area contributed by atoms with Crippen LogP contribution in [0.4, 0.5) is 13.2 Å². The molecule has 0 aliphatic carbocycles. The summed E-state index contributed by atoms with van der Waals surface area (Å²) in [6, 6.07) is 3.81. The lowest BCUT2D eigenvalue weighted by Crippen LogP contribution is -2.18. The SMILES string of the molecule is O=Cc1ccc(C2OCCCO2)c2cc(C(F)(F)F)nn12. The third kappa shape index (κ3) is 2.52. The Labute approximate surface area is 117 Å². The van der Waals surface area contributed by atoms with E-state index in [9.17, 15) is 18.0 Å². The van der Waals surface area contributed by atoms with Gasteiger partial charge < -0.3 is 9.47 Å². The molecule has 2 aromatic heterocycles. The van der Waals surface area contributed by atoms with E-state index in [1.807, 2.05) is 0 Å². The molecule has 0 atom stereocenters. The molecule has 0 N–H and O–H groups in total. The highest BCUT2D eigenvalue weighted by molar-refractivity contribution is 5.75. The van der Waals surface area contributed by atoms with Crippen molar-refractivity contribution >= 4 is 11.8 Å². The van der Waals surface area contributed by atoms with Gasteiger partial charge in [-0.3, -0.25) is 4.79 Å². The average Bonchev–Trinajstić information content (AvgIpc) is 2.92. The molecule has 0 amide bonds. The molecule has 2 aromatic rings. The van der Waals surface area contributed by atoms with Crippen molar-refractivity contribution in [3.05, 3.63) is 35.2 Å². The fourth-order valence-corrected chi connectivity index (χ4v) is 2.21. The predicted molar refractivity (Wildman–Crippen MR) is 64.8 cm³/mol. The van der Waals surface area contributed by atoms with Gasteiger partial charge in [-0.25, -0.2) is 4.52 Å². The van der Waals surface area contributed by atoms with Gasteiger partial charge in [-0.05, 0) is 24.6 Å². The van der Waals surface area contributed by atoms with Gasteiger partial charge in [0.05, 0.1) is 18.7 Å². The van der Waals surface area contributed by atoms with Gasteiger partial charge in [-0.15, -0.1) is 0 Å². The zero-order valence-corrected chi connectivity index (χ0v) is 10.8. The summed E-state index contributed by atoms with van der Waals surface area (Å²) >= 11 is 0. The van der Waals surface area contributed by atoms with E-state index in [-0.39, 0.29) is 11.2 Å². The normalized spacial score (nSPS) is 17.3. The number of rotatable bonds is 2. The Morgan fingerprint density at radius 2 is 2.00 bits per heavy atom. The van der Waals surface area contributed by atoms with Crippen LogP contribution in [0.1, 0.15) is 34.5 Å². The fraction of sp³-hybridized carbons (Fsp3) is 0.385. The summed E-state index contributed by atoms with van der Waals surface area (Å²) in [6.45, 7) is 0.930. The van der Waals surface area contributed by atoms with Crippen LogP contribution in [-0.2, 0) is 15.7 Å². The molecule has 1 saturated heterocycles. The fourth-order valence-electron chi connectivity index (χ4n) is 2.21. The zero-order chi connectivity index (χ0) is 15.0. The van der Waals surface area contributed by atoms with Crippen molar-refractivity contribution in [2.75, 3.05) is 13.2 Å². The van der Waals surface area contributed by atoms with Gasteiger partial charge in [0.1, 0.15) is 5.69 Å². The van der Waals surface area contributed by atoms with Gasteiger partial charge in [0, 0.05) is 5.56 Å². The largest absolute Gasteiger partial charge is 0.435 e. The van der Waals surface area contributed by atoms with Crippen LogP contribution in [0.2, 0.25) is 0 Å². The Kier molecular flexibility index (Phi) is 3.42. The van der Waals surface area contributed by atoms with Crippen molar-refractivity contribution in [3.8, 4) is 0 Å². The molecule has 1 aliphatic rings. The number of hydrogen-bond donors (Lipinski definition) is 0. The second-order valence-corrected chi connectivity index (χ2v) is 4.58. The monoisotopic (exact) mass is 300 g/mol. The number of hydrogen-bond acceptors (Lipinski definition) is 4. The predicted octanol–water partition coefficient (Wildman–Crippen LogP) is 2.60. The van der Waals surface area contributed by atoms with Crippen molar-refractivity contribution in [2.45, 2.75) is 18.9 Å². The summed E-state index contributed by atoms with van der Waals surface area (Å²) in [7, 11) is 0. The Morgan fingerprint density at radius 1 is 1.29 bits per heavy atom. The number of aromatic nitrogens is 2. The number of carbonyl (C=O) groups excluding carboxylic acids is 1. The summed E-state index contributed by atoms with van der Waals surface area (Å²) in [5, 5.41) is 3.46. The third-order valence-electron chi connectivity index (χ3n) is 3.18. The average molecular weight is 300 g/mol. The van der Waals surface area contributed by atoms with Crippen LogP contribution in [0.25, 0.3) is 5.52 Å². The lowest BCUT2D eigenvalue weighted by Gasteiger charge is -2.24. The van der Waals surface area contributed by atoms with Crippen molar-refractivity contribution < 1.29 is 27.4 Å². The minimum atomic E-state index is -4.59. The Hall–Kier alpha value is -1.93. The molecule has 0 aromatic carbocycles. The van der Waals surface area contributed by atoms with E-state index in [0.29, 0.717) is 25.1 Å². The molecule has 3 heterocycles. The topological polar surface area (TPSA) is 52.8 Å². The third-order valence-corrected chi connectivity index (χ3v) is 3.18. The molecule has 0 unspecified atom stereocenters. The van der Waals surface area contributed by atoms with E-state index in [0.717, 1.165) is 17.0 Å². The molecular formula is C13H11F3N2O3. The molecule has 1 aliphatic heterocycles. The number of alkyl halides is 3. The number of halogens is 3. The summed E-state index contributed by atoms with van der Waals surface area (Å²) in [4.78, 5) is 11.0. The van der Waals surface area contributed by atoms with Gasteiger partial charge in [0.15, 0.2) is 18.3 Å². The first-order chi connectivity index (χ1) is 10.0. The zero-order valence-electron chi connectivity index (χ0n) is 10.8. The number of carbonyl (C=O) groups is 1. The van der Waals surface area contributed by atoms with Crippen molar-refractivity contribution in [3.63, 3.8) is 0 Å². The summed E-state index contributed by atoms with van der Waals surface area (Å²) < 4.78 is 50.2. The molecule has 0 saturated carbocycles. The van der Waals surface area contributed by atoms with Gasteiger partial charge in [0.2, 0.25) is 0 Å². The number of fused-ring (bicyclic) bond motifs is 1. The van der Waals surface area contributed by atoms with E-state index in [2.05, 4.69) is 5.10 Å². The Bertz CT molecular complexity index is 675. The molecule has 0 radical (unpaired) electrons. The van der Waals surface area contributed by atoms with E-state index in [1.165, 1.54) is 12.1 Å². The van der Waals surface area contributed by atoms with Crippen molar-refractivity contribution in [1.29, 1.82) is 0 Å². The number of pyridine rings is 1. The summed E-state index contributed by atoms with van der Waals surface area (Å²) in [5.41, 5.74) is -0.462. The molecule has 0 spiro atoms. The standard InChI is InChI=1S/C13H11F3N2O3/c14-13(15,16)11-6-10-9(12-20-4-1-5-21-12)3-2-8(7-19)18(10)17-11/h2-3,6-7,12H,1,4-5H2. The van der Waals surface area contributed by atoms with Gasteiger partial charge in [-0.2, -0.15) is 18.3 Å². The van der Waals surface area contributed by atoms with Crippen LogP contribution in [0.15, 0.2) is 18.2 Å². The van der Waals surface area contributed by atoms with Gasteiger partial charge in [0.25, 0.3) is 0 Å². The number of nitrogens with zero attached hydrogens (tertiary/aromatic N) is 2. The van der Waals surface area contributed by atoms with Gasteiger partial charge >= 0.3 is 6.18 Å². The highest BCUT2D eigenvalue weighted by Crippen LogP contribution is 2.33. The first-order valence-electron chi connectivity index (χ1n) is 6.29. The van der Waals surface area contributed by atoms with Crippen LogP contribution in [0.5, 0.6) is 0 Å². The second kappa shape index (κ2) is 5.12. The van der Waals surface area contributed by atoms with Crippen molar-refractivity contribution in [1.82, 2.24) is 9.61 Å². The molecule has 0 bridgehead atoms. The first kappa shape index (κ1) is 14.0. The lowest BCUT2D eigenvalue weighted by molar-refractivity contribution is -0.182. The van der Waals surface area contributed by atoms with E-state index in [1.54, 1.807) is 0 Å². The molecule has 5 nitrogen and oxygen atoms in total. The molecule has 21 heavy (non-hydrogen) atoms. The smallest absolute Gasteiger partial charge is 0.348 e. The maximum absolute atomic E-state index is 12.8. The Balaban J connectivity index is 2.16. The second-order valence-electron chi connectivity index (χ2n) is 4.58. The molecule has 3 rings (SSSR count). The summed E-state index contributed by atoms with van der Waals surface area (Å²) in [5.74, 6) is 0. The van der Waals surface area contributed by atoms with Crippen LogP contribution in [-0.4, -0.2) is 29.1 Å².